The Balaban J connectivity index is 1.65. The molecule has 4 amide bonds. The lowest BCUT2D eigenvalue weighted by Crippen LogP contribution is -2.46. The summed E-state index contributed by atoms with van der Waals surface area (Å²) < 4.78 is 0. The van der Waals surface area contributed by atoms with Gasteiger partial charge in [-0.15, -0.1) is 0 Å². The third-order valence-corrected chi connectivity index (χ3v) is 4.18. The molecule has 1 saturated carbocycles. The average Bonchev–Trinajstić information content (AvgIpc) is 3.28. The number of carbonyl (C=O) groups excluding carboxylic acids is 3. The van der Waals surface area contributed by atoms with Gasteiger partial charge in [0, 0.05) is 6.20 Å². The largest absolute Gasteiger partial charge is 0.325 e. The van der Waals surface area contributed by atoms with Crippen molar-refractivity contribution in [2.45, 2.75) is 32.2 Å². The summed E-state index contributed by atoms with van der Waals surface area (Å²) in [4.78, 5) is 41.4. The average molecular weight is 302 g/mol. The number of imide groups is 1. The Morgan fingerprint density at radius 2 is 2.18 bits per heavy atom. The molecule has 22 heavy (non-hydrogen) atoms. The van der Waals surface area contributed by atoms with Gasteiger partial charge in [0.25, 0.3) is 5.91 Å². The van der Waals surface area contributed by atoms with Gasteiger partial charge >= 0.3 is 6.03 Å². The maximum Gasteiger partial charge on any atom is 0.325 e. The van der Waals surface area contributed by atoms with Crippen LogP contribution in [0.1, 0.15) is 25.3 Å². The number of nitrogens with one attached hydrogen (secondary N) is 2. The normalized spacial score (nSPS) is 24.4. The van der Waals surface area contributed by atoms with E-state index in [0.717, 1.165) is 23.3 Å². The van der Waals surface area contributed by atoms with Crippen LogP contribution in [0.3, 0.4) is 0 Å². The van der Waals surface area contributed by atoms with Gasteiger partial charge in [-0.05, 0) is 44.2 Å². The van der Waals surface area contributed by atoms with Crippen molar-refractivity contribution >= 4 is 23.7 Å². The first-order chi connectivity index (χ1) is 10.4. The maximum absolute atomic E-state index is 12.4. The molecule has 3 rings (SSSR count). The maximum atomic E-state index is 12.4. The topological polar surface area (TPSA) is 91.4 Å². The van der Waals surface area contributed by atoms with Crippen LogP contribution in [0.5, 0.6) is 0 Å². The molecular weight excluding hydrogens is 284 g/mol. The standard InChI is InChI=1S/C15H18N4O3/c1-9-3-6-11(16-7-9)17-12(20)8-19-13(21)15(2,10-4-5-10)18-14(19)22/h3,6-7,10H,4-5,8H2,1-2H3,(H,18,22)(H,16,17,20). The third-order valence-electron chi connectivity index (χ3n) is 4.18. The summed E-state index contributed by atoms with van der Waals surface area (Å²) >= 11 is 0. The van der Waals surface area contributed by atoms with Crippen LogP contribution in [0.4, 0.5) is 10.6 Å². The van der Waals surface area contributed by atoms with Gasteiger partial charge in [-0.3, -0.25) is 14.5 Å². The number of carbonyl (C=O) groups is 3. The number of hydrogen-bond donors (Lipinski definition) is 2. The first-order valence-corrected chi connectivity index (χ1v) is 7.27. The van der Waals surface area contributed by atoms with E-state index in [1.807, 2.05) is 13.0 Å². The van der Waals surface area contributed by atoms with E-state index in [-0.39, 0.29) is 18.4 Å². The molecule has 1 aromatic rings. The second-order valence-corrected chi connectivity index (χ2v) is 6.07. The quantitative estimate of drug-likeness (QED) is 0.813. The Bertz CT molecular complexity index is 639. The lowest BCUT2D eigenvalue weighted by Gasteiger charge is -2.20. The van der Waals surface area contributed by atoms with Crippen LogP contribution < -0.4 is 10.6 Å². The SMILES string of the molecule is Cc1ccc(NC(=O)CN2C(=O)NC(C)(C3CC3)C2=O)nc1. The molecule has 0 aromatic carbocycles. The molecule has 1 saturated heterocycles. The van der Waals surface area contributed by atoms with Gasteiger partial charge in [0.05, 0.1) is 0 Å². The van der Waals surface area contributed by atoms with Crippen molar-refractivity contribution in [2.24, 2.45) is 5.92 Å². The molecule has 2 fully saturated rings. The van der Waals surface area contributed by atoms with Crippen LogP contribution in [0.15, 0.2) is 18.3 Å². The van der Waals surface area contributed by atoms with Crippen LogP contribution in [-0.2, 0) is 9.59 Å². The number of anilines is 1. The molecule has 116 valence electrons. The fourth-order valence-electron chi connectivity index (χ4n) is 2.66. The summed E-state index contributed by atoms with van der Waals surface area (Å²) in [5.74, 6) is -0.199. The summed E-state index contributed by atoms with van der Waals surface area (Å²) in [5, 5.41) is 5.30. The first-order valence-electron chi connectivity index (χ1n) is 7.27. The molecule has 0 bridgehead atoms. The van der Waals surface area contributed by atoms with Gasteiger partial charge in [-0.2, -0.15) is 0 Å². The third kappa shape index (κ3) is 2.54. The predicted molar refractivity (Wildman–Crippen MR) is 79.0 cm³/mol. The number of rotatable bonds is 4. The Labute approximate surface area is 128 Å². The van der Waals surface area contributed by atoms with Crippen molar-refractivity contribution in [2.75, 3.05) is 11.9 Å². The molecule has 7 nitrogen and oxygen atoms in total. The molecule has 7 heteroatoms. The number of aryl methyl sites for hydroxylation is 1. The van der Waals surface area contributed by atoms with Gasteiger partial charge < -0.3 is 10.6 Å². The lowest BCUT2D eigenvalue weighted by molar-refractivity contribution is -0.134. The zero-order chi connectivity index (χ0) is 15.9. The fourth-order valence-corrected chi connectivity index (χ4v) is 2.66. The van der Waals surface area contributed by atoms with Crippen molar-refractivity contribution in [3.8, 4) is 0 Å². The molecule has 1 atom stereocenters. The fraction of sp³-hybridized carbons (Fsp3) is 0.467. The summed E-state index contributed by atoms with van der Waals surface area (Å²) in [6.45, 7) is 3.32. The number of hydrogen-bond acceptors (Lipinski definition) is 4. The minimum atomic E-state index is -0.862. The minimum Gasteiger partial charge on any atom is -0.323 e. The molecule has 1 aliphatic carbocycles. The van der Waals surface area contributed by atoms with Crippen LogP contribution in [0, 0.1) is 12.8 Å². The minimum absolute atomic E-state index is 0.177. The summed E-state index contributed by atoms with van der Waals surface area (Å²) in [6.07, 6.45) is 3.49. The number of pyridine rings is 1. The highest BCUT2D eigenvalue weighted by Gasteiger charge is 2.56. The molecule has 1 aliphatic heterocycles. The zero-order valence-electron chi connectivity index (χ0n) is 12.5. The summed E-state index contributed by atoms with van der Waals surface area (Å²) in [6, 6.07) is 2.99. The monoisotopic (exact) mass is 302 g/mol. The second kappa shape index (κ2) is 5.08. The Morgan fingerprint density at radius 3 is 2.77 bits per heavy atom. The van der Waals surface area contributed by atoms with Crippen molar-refractivity contribution in [1.29, 1.82) is 0 Å². The van der Waals surface area contributed by atoms with E-state index in [2.05, 4.69) is 15.6 Å². The van der Waals surface area contributed by atoms with E-state index in [1.54, 1.807) is 19.2 Å². The molecule has 2 heterocycles. The van der Waals surface area contributed by atoms with E-state index in [4.69, 9.17) is 0 Å². The van der Waals surface area contributed by atoms with Crippen LogP contribution in [-0.4, -0.2) is 39.8 Å². The summed E-state index contributed by atoms with van der Waals surface area (Å²) in [7, 11) is 0. The van der Waals surface area contributed by atoms with Crippen LogP contribution in [0.25, 0.3) is 0 Å². The van der Waals surface area contributed by atoms with E-state index < -0.39 is 17.5 Å². The smallest absolute Gasteiger partial charge is 0.323 e. The molecule has 1 aromatic heterocycles. The second-order valence-electron chi connectivity index (χ2n) is 6.07. The highest BCUT2D eigenvalue weighted by Crippen LogP contribution is 2.42. The van der Waals surface area contributed by atoms with Crippen molar-refractivity contribution in [3.05, 3.63) is 23.9 Å². The van der Waals surface area contributed by atoms with Crippen molar-refractivity contribution in [1.82, 2.24) is 15.2 Å². The number of amides is 4. The Hall–Kier alpha value is -2.44. The number of urea groups is 1. The molecule has 2 aliphatic rings. The van der Waals surface area contributed by atoms with E-state index in [1.165, 1.54) is 0 Å². The number of nitrogens with zero attached hydrogens (tertiary/aromatic N) is 2. The van der Waals surface area contributed by atoms with Gasteiger partial charge in [0.2, 0.25) is 5.91 Å². The van der Waals surface area contributed by atoms with Gasteiger partial charge in [-0.25, -0.2) is 9.78 Å². The predicted octanol–water partition coefficient (Wildman–Crippen LogP) is 1.05. The first kappa shape index (κ1) is 14.5. The van der Waals surface area contributed by atoms with E-state index in [0.29, 0.717) is 5.82 Å². The van der Waals surface area contributed by atoms with Crippen LogP contribution >= 0.6 is 0 Å². The highest BCUT2D eigenvalue weighted by atomic mass is 16.2. The van der Waals surface area contributed by atoms with Gasteiger partial charge in [-0.1, -0.05) is 6.07 Å². The molecular formula is C15H18N4O3. The van der Waals surface area contributed by atoms with Gasteiger partial charge in [0.15, 0.2) is 0 Å². The zero-order valence-corrected chi connectivity index (χ0v) is 12.5. The number of aromatic nitrogens is 1. The van der Waals surface area contributed by atoms with Crippen molar-refractivity contribution < 1.29 is 14.4 Å². The molecule has 0 radical (unpaired) electrons. The van der Waals surface area contributed by atoms with Gasteiger partial charge in [0.1, 0.15) is 17.9 Å². The lowest BCUT2D eigenvalue weighted by atomic mass is 9.96. The van der Waals surface area contributed by atoms with Crippen molar-refractivity contribution in [3.63, 3.8) is 0 Å². The molecule has 2 N–H and O–H groups in total. The van der Waals surface area contributed by atoms with E-state index in [9.17, 15) is 14.4 Å². The van der Waals surface area contributed by atoms with E-state index >= 15 is 0 Å². The Kier molecular flexibility index (Phi) is 3.35. The summed E-state index contributed by atoms with van der Waals surface area (Å²) in [5.41, 5.74) is 0.117. The molecule has 1 unspecified atom stereocenters. The highest BCUT2D eigenvalue weighted by molar-refractivity contribution is 6.10. The molecule has 0 spiro atoms. The van der Waals surface area contributed by atoms with Crippen LogP contribution in [0.2, 0.25) is 0 Å². The Morgan fingerprint density at radius 1 is 1.45 bits per heavy atom.